The molecule has 0 bridgehead atoms. The Bertz CT molecular complexity index is 364. The summed E-state index contributed by atoms with van der Waals surface area (Å²) in [4.78, 5) is 4.97. The zero-order valence-electron chi connectivity index (χ0n) is 15.2. The number of hydrogen-bond acceptors (Lipinski definition) is 3. The molecule has 2 N–H and O–H groups in total. The number of rotatable bonds is 6. The van der Waals surface area contributed by atoms with Gasteiger partial charge in [0.2, 0.25) is 0 Å². The van der Waals surface area contributed by atoms with E-state index in [-0.39, 0.29) is 4.75 Å². The molecule has 5 heteroatoms. The standard InChI is InChI=1S/C18H35N3OS/c1-4-19-17(21-16-8-6-7-15(3)13-16)20-14-18(23-5-2)9-11-22-12-10-18/h15-16H,4-14H2,1-3H3,(H2,19,20,21). The molecule has 1 aliphatic heterocycles. The van der Waals surface area contributed by atoms with Crippen molar-refractivity contribution >= 4 is 17.7 Å². The Hall–Kier alpha value is -0.420. The van der Waals surface area contributed by atoms with Crippen LogP contribution in [0.15, 0.2) is 4.99 Å². The highest BCUT2D eigenvalue weighted by Crippen LogP contribution is 2.35. The molecule has 1 heterocycles. The molecule has 2 atom stereocenters. The Morgan fingerprint density at radius 3 is 2.70 bits per heavy atom. The molecule has 23 heavy (non-hydrogen) atoms. The summed E-state index contributed by atoms with van der Waals surface area (Å²) in [7, 11) is 0. The fourth-order valence-corrected chi connectivity index (χ4v) is 4.92. The highest BCUT2D eigenvalue weighted by atomic mass is 32.2. The van der Waals surface area contributed by atoms with Crippen LogP contribution in [0.2, 0.25) is 0 Å². The van der Waals surface area contributed by atoms with E-state index in [2.05, 4.69) is 43.2 Å². The third-order valence-electron chi connectivity index (χ3n) is 5.00. The van der Waals surface area contributed by atoms with Gasteiger partial charge in [-0.1, -0.05) is 26.7 Å². The van der Waals surface area contributed by atoms with E-state index in [1.807, 2.05) is 0 Å². The number of ether oxygens (including phenoxy) is 1. The second-order valence-corrected chi connectivity index (χ2v) is 8.77. The van der Waals surface area contributed by atoms with Gasteiger partial charge in [0.1, 0.15) is 0 Å². The molecule has 0 aromatic rings. The van der Waals surface area contributed by atoms with Crippen molar-refractivity contribution < 1.29 is 4.74 Å². The molecule has 2 unspecified atom stereocenters. The van der Waals surface area contributed by atoms with E-state index >= 15 is 0 Å². The fraction of sp³-hybridized carbons (Fsp3) is 0.944. The predicted octanol–water partition coefficient (Wildman–Crippen LogP) is 3.42. The monoisotopic (exact) mass is 341 g/mol. The van der Waals surface area contributed by atoms with Crippen LogP contribution in [0, 0.1) is 5.92 Å². The van der Waals surface area contributed by atoms with Crippen LogP contribution in [0.1, 0.15) is 59.3 Å². The molecule has 134 valence electrons. The third kappa shape index (κ3) is 6.18. The first-order chi connectivity index (χ1) is 11.2. The van der Waals surface area contributed by atoms with Crippen molar-refractivity contribution in [1.82, 2.24) is 10.6 Å². The van der Waals surface area contributed by atoms with E-state index in [0.717, 1.165) is 56.8 Å². The van der Waals surface area contributed by atoms with Crippen LogP contribution in [0.3, 0.4) is 0 Å². The lowest BCUT2D eigenvalue weighted by Crippen LogP contribution is -2.46. The summed E-state index contributed by atoms with van der Waals surface area (Å²) in [5, 5.41) is 7.13. The molecular formula is C18H35N3OS. The minimum Gasteiger partial charge on any atom is -0.381 e. The normalized spacial score (nSPS) is 28.4. The molecule has 2 aliphatic rings. The summed E-state index contributed by atoms with van der Waals surface area (Å²) in [6.45, 7) is 10.3. The van der Waals surface area contributed by atoms with E-state index in [9.17, 15) is 0 Å². The summed E-state index contributed by atoms with van der Waals surface area (Å²) in [6, 6.07) is 0.584. The molecule has 0 radical (unpaired) electrons. The molecule has 1 saturated carbocycles. The highest BCUT2D eigenvalue weighted by Gasteiger charge is 2.32. The van der Waals surface area contributed by atoms with Crippen molar-refractivity contribution in [2.24, 2.45) is 10.9 Å². The maximum atomic E-state index is 5.57. The Kier molecular flexibility index (Phi) is 8.04. The fourth-order valence-electron chi connectivity index (χ4n) is 3.70. The van der Waals surface area contributed by atoms with Crippen LogP contribution in [0.25, 0.3) is 0 Å². The summed E-state index contributed by atoms with van der Waals surface area (Å²) in [6.07, 6.45) is 7.50. The van der Waals surface area contributed by atoms with Crippen molar-refractivity contribution in [3.63, 3.8) is 0 Å². The average molecular weight is 342 g/mol. The van der Waals surface area contributed by atoms with Gasteiger partial charge in [-0.3, -0.25) is 4.99 Å². The lowest BCUT2D eigenvalue weighted by Gasteiger charge is -2.35. The van der Waals surface area contributed by atoms with Gasteiger partial charge in [-0.25, -0.2) is 0 Å². The Balaban J connectivity index is 1.95. The molecule has 0 spiro atoms. The molecule has 2 fully saturated rings. The van der Waals surface area contributed by atoms with Gasteiger partial charge in [-0.05, 0) is 44.3 Å². The van der Waals surface area contributed by atoms with Crippen LogP contribution in [0.5, 0.6) is 0 Å². The highest BCUT2D eigenvalue weighted by molar-refractivity contribution is 8.00. The van der Waals surface area contributed by atoms with Crippen molar-refractivity contribution in [1.29, 1.82) is 0 Å². The van der Waals surface area contributed by atoms with Crippen LogP contribution < -0.4 is 10.6 Å². The predicted molar refractivity (Wildman–Crippen MR) is 101 cm³/mol. The second-order valence-electron chi connectivity index (χ2n) is 7.04. The Labute approximate surface area is 146 Å². The van der Waals surface area contributed by atoms with E-state index in [1.54, 1.807) is 0 Å². The van der Waals surface area contributed by atoms with Gasteiger partial charge in [0.25, 0.3) is 0 Å². The van der Waals surface area contributed by atoms with Crippen LogP contribution in [-0.2, 0) is 4.74 Å². The SMILES string of the molecule is CCNC(=NCC1(SCC)CCOCC1)NC1CCCC(C)C1. The molecule has 2 rings (SSSR count). The molecule has 0 aromatic carbocycles. The maximum Gasteiger partial charge on any atom is 0.191 e. The summed E-state index contributed by atoms with van der Waals surface area (Å²) in [5.74, 6) is 3.00. The van der Waals surface area contributed by atoms with Gasteiger partial charge in [0.15, 0.2) is 5.96 Å². The van der Waals surface area contributed by atoms with E-state index in [1.165, 1.54) is 25.7 Å². The number of guanidine groups is 1. The second kappa shape index (κ2) is 9.77. The van der Waals surface area contributed by atoms with Crippen molar-refractivity contribution in [3.05, 3.63) is 0 Å². The summed E-state index contributed by atoms with van der Waals surface area (Å²) < 4.78 is 5.84. The number of thioether (sulfide) groups is 1. The first-order valence-electron chi connectivity index (χ1n) is 9.44. The van der Waals surface area contributed by atoms with Crippen LogP contribution in [-0.4, -0.2) is 48.8 Å². The minimum atomic E-state index is 0.273. The topological polar surface area (TPSA) is 45.7 Å². The Morgan fingerprint density at radius 2 is 2.04 bits per heavy atom. The number of nitrogens with one attached hydrogen (secondary N) is 2. The molecule has 1 saturated heterocycles. The average Bonchev–Trinajstić information content (AvgIpc) is 2.54. The molecule has 4 nitrogen and oxygen atoms in total. The summed E-state index contributed by atoms with van der Waals surface area (Å²) >= 11 is 2.06. The lowest BCUT2D eigenvalue weighted by atomic mass is 9.87. The van der Waals surface area contributed by atoms with Gasteiger partial charge < -0.3 is 15.4 Å². The zero-order chi connectivity index (χ0) is 16.5. The van der Waals surface area contributed by atoms with Crippen LogP contribution >= 0.6 is 11.8 Å². The smallest absolute Gasteiger partial charge is 0.191 e. The number of hydrogen-bond donors (Lipinski definition) is 2. The number of nitrogens with zero attached hydrogens (tertiary/aromatic N) is 1. The van der Waals surface area contributed by atoms with E-state index in [4.69, 9.17) is 9.73 Å². The van der Waals surface area contributed by atoms with Crippen molar-refractivity contribution in [2.75, 3.05) is 32.1 Å². The third-order valence-corrected chi connectivity index (χ3v) is 6.44. The van der Waals surface area contributed by atoms with Gasteiger partial charge in [-0.2, -0.15) is 11.8 Å². The largest absolute Gasteiger partial charge is 0.381 e. The Morgan fingerprint density at radius 1 is 1.26 bits per heavy atom. The van der Waals surface area contributed by atoms with Crippen molar-refractivity contribution in [2.45, 2.75) is 70.1 Å². The quantitative estimate of drug-likeness (QED) is 0.574. The van der Waals surface area contributed by atoms with Gasteiger partial charge in [0, 0.05) is 30.5 Å². The minimum absolute atomic E-state index is 0.273. The van der Waals surface area contributed by atoms with Gasteiger partial charge >= 0.3 is 0 Å². The summed E-state index contributed by atoms with van der Waals surface area (Å²) in [5.41, 5.74) is 0. The maximum absolute atomic E-state index is 5.57. The van der Waals surface area contributed by atoms with Crippen LogP contribution in [0.4, 0.5) is 0 Å². The first kappa shape index (κ1) is 18.9. The molecular weight excluding hydrogens is 306 g/mol. The number of aliphatic imine (C=N–C) groups is 1. The van der Waals surface area contributed by atoms with E-state index < -0.39 is 0 Å². The first-order valence-corrected chi connectivity index (χ1v) is 10.4. The van der Waals surface area contributed by atoms with Gasteiger partial charge in [0.05, 0.1) is 6.54 Å². The molecule has 0 aromatic heterocycles. The zero-order valence-corrected chi connectivity index (χ0v) is 16.0. The lowest BCUT2D eigenvalue weighted by molar-refractivity contribution is 0.0793. The van der Waals surface area contributed by atoms with E-state index in [0.29, 0.717) is 6.04 Å². The molecule has 0 amide bonds. The molecule has 1 aliphatic carbocycles. The van der Waals surface area contributed by atoms with Gasteiger partial charge in [-0.15, -0.1) is 0 Å². The van der Waals surface area contributed by atoms with Crippen molar-refractivity contribution in [3.8, 4) is 0 Å².